The maximum atomic E-state index is 12.5. The number of nitrogens with one attached hydrogen (secondary N) is 1. The van der Waals surface area contributed by atoms with Crippen LogP contribution in [0.2, 0.25) is 0 Å². The number of amides is 2. The van der Waals surface area contributed by atoms with Gasteiger partial charge in [-0.15, -0.1) is 0 Å². The van der Waals surface area contributed by atoms with E-state index in [2.05, 4.69) is 5.32 Å². The highest BCUT2D eigenvalue weighted by atomic mass is 16.2. The Hall–Kier alpha value is -2.62. The number of hydrogen-bond acceptors (Lipinski definition) is 2. The molecule has 0 aliphatic carbocycles. The van der Waals surface area contributed by atoms with Gasteiger partial charge in [0.2, 0.25) is 0 Å². The number of carbonyl (C=O) groups excluding carboxylic acids is 2. The summed E-state index contributed by atoms with van der Waals surface area (Å²) in [4.78, 5) is 25.5. The number of ketones is 1. The van der Waals surface area contributed by atoms with E-state index < -0.39 is 0 Å². The average Bonchev–Trinajstić information content (AvgIpc) is 2.48. The van der Waals surface area contributed by atoms with Crippen LogP contribution in [-0.2, 0) is 0 Å². The molecule has 0 heterocycles. The molecule has 0 radical (unpaired) electrons. The van der Waals surface area contributed by atoms with Crippen LogP contribution in [0.5, 0.6) is 0 Å². The number of carbonyl (C=O) groups is 2. The lowest BCUT2D eigenvalue weighted by atomic mass is 10.1. The molecule has 0 unspecified atom stereocenters. The quantitative estimate of drug-likeness (QED) is 0.857. The van der Waals surface area contributed by atoms with E-state index in [0.29, 0.717) is 17.8 Å². The molecule has 0 atom stereocenters. The molecule has 114 valence electrons. The number of nitrogens with zero attached hydrogens (tertiary/aromatic N) is 1. The number of aryl methyl sites for hydroxylation is 1. The molecule has 2 aromatic carbocycles. The Labute approximate surface area is 130 Å². The first-order chi connectivity index (χ1) is 10.5. The van der Waals surface area contributed by atoms with Crippen molar-refractivity contribution in [2.45, 2.75) is 20.8 Å². The van der Waals surface area contributed by atoms with Gasteiger partial charge < -0.3 is 5.32 Å². The van der Waals surface area contributed by atoms with E-state index in [9.17, 15) is 9.59 Å². The summed E-state index contributed by atoms with van der Waals surface area (Å²) in [5.74, 6) is -0.0258. The van der Waals surface area contributed by atoms with Crippen LogP contribution in [0.1, 0.15) is 29.8 Å². The van der Waals surface area contributed by atoms with Crippen LogP contribution in [-0.4, -0.2) is 18.4 Å². The van der Waals surface area contributed by atoms with Crippen LogP contribution in [0.4, 0.5) is 16.2 Å². The molecule has 0 saturated heterocycles. The monoisotopic (exact) mass is 296 g/mol. The topological polar surface area (TPSA) is 49.4 Å². The van der Waals surface area contributed by atoms with Gasteiger partial charge in [-0.2, -0.15) is 0 Å². The van der Waals surface area contributed by atoms with E-state index in [4.69, 9.17) is 0 Å². The fourth-order valence-electron chi connectivity index (χ4n) is 2.25. The second-order valence-corrected chi connectivity index (χ2v) is 5.15. The zero-order valence-corrected chi connectivity index (χ0v) is 13.1. The summed E-state index contributed by atoms with van der Waals surface area (Å²) >= 11 is 0. The second kappa shape index (κ2) is 6.89. The summed E-state index contributed by atoms with van der Waals surface area (Å²) in [5, 5.41) is 2.84. The highest BCUT2D eigenvalue weighted by molar-refractivity contribution is 6.02. The normalized spacial score (nSPS) is 10.1. The molecule has 2 aromatic rings. The second-order valence-electron chi connectivity index (χ2n) is 5.15. The van der Waals surface area contributed by atoms with Crippen LogP contribution in [0.15, 0.2) is 48.5 Å². The van der Waals surface area contributed by atoms with Crippen LogP contribution < -0.4 is 10.2 Å². The van der Waals surface area contributed by atoms with Crippen molar-refractivity contribution in [1.82, 2.24) is 0 Å². The Balaban J connectivity index is 2.19. The van der Waals surface area contributed by atoms with Gasteiger partial charge in [0.05, 0.1) is 0 Å². The Bertz CT molecular complexity index is 695. The van der Waals surface area contributed by atoms with Crippen LogP contribution in [0.25, 0.3) is 0 Å². The van der Waals surface area contributed by atoms with Crippen LogP contribution in [0, 0.1) is 6.92 Å². The Kier molecular flexibility index (Phi) is 4.94. The lowest BCUT2D eigenvalue weighted by molar-refractivity contribution is 0.101. The van der Waals surface area contributed by atoms with Crippen molar-refractivity contribution in [2.75, 3.05) is 16.8 Å². The molecule has 2 rings (SSSR count). The minimum Gasteiger partial charge on any atom is -0.308 e. The molecular weight excluding hydrogens is 276 g/mol. The summed E-state index contributed by atoms with van der Waals surface area (Å²) in [5.41, 5.74) is 3.14. The number of hydrogen-bond donors (Lipinski definition) is 1. The summed E-state index contributed by atoms with van der Waals surface area (Å²) in [6, 6.07) is 14.5. The molecule has 1 N–H and O–H groups in total. The van der Waals surface area contributed by atoms with Gasteiger partial charge in [0.15, 0.2) is 5.78 Å². The van der Waals surface area contributed by atoms with Gasteiger partial charge in [-0.1, -0.05) is 24.3 Å². The molecule has 22 heavy (non-hydrogen) atoms. The van der Waals surface area contributed by atoms with E-state index >= 15 is 0 Å². The fraction of sp³-hybridized carbons (Fsp3) is 0.222. The maximum Gasteiger partial charge on any atom is 0.326 e. The standard InChI is InChI=1S/C18H20N2O2/c1-4-20(17-10-5-7-13(2)11-17)18(22)19-16-9-6-8-15(12-16)14(3)21/h5-12H,4H2,1-3H3,(H,19,22). The zero-order valence-electron chi connectivity index (χ0n) is 13.1. The fourth-order valence-corrected chi connectivity index (χ4v) is 2.25. The van der Waals surface area contributed by atoms with E-state index in [1.54, 1.807) is 29.2 Å². The number of Topliss-reactive ketones (excluding diaryl/α,β-unsaturated/α-hetero) is 1. The van der Waals surface area contributed by atoms with Crippen molar-refractivity contribution in [1.29, 1.82) is 0 Å². The predicted octanol–water partition coefficient (Wildman–Crippen LogP) is 4.26. The molecule has 0 saturated carbocycles. The van der Waals surface area contributed by atoms with Crippen molar-refractivity contribution in [3.8, 4) is 0 Å². The lowest BCUT2D eigenvalue weighted by Crippen LogP contribution is -2.34. The van der Waals surface area contributed by atoms with Crippen molar-refractivity contribution < 1.29 is 9.59 Å². The molecule has 0 aliphatic rings. The first kappa shape index (κ1) is 15.8. The van der Waals surface area contributed by atoms with Gasteiger partial charge in [-0.25, -0.2) is 4.79 Å². The number of benzene rings is 2. The molecule has 4 nitrogen and oxygen atoms in total. The summed E-state index contributed by atoms with van der Waals surface area (Å²) < 4.78 is 0. The predicted molar refractivity (Wildman–Crippen MR) is 89.7 cm³/mol. The largest absolute Gasteiger partial charge is 0.326 e. The minimum atomic E-state index is -0.214. The molecule has 2 amide bonds. The molecule has 0 fully saturated rings. The summed E-state index contributed by atoms with van der Waals surface area (Å²) in [6.45, 7) is 5.98. The average molecular weight is 296 g/mol. The summed E-state index contributed by atoms with van der Waals surface area (Å²) in [6.07, 6.45) is 0. The highest BCUT2D eigenvalue weighted by Crippen LogP contribution is 2.18. The van der Waals surface area contributed by atoms with E-state index in [1.807, 2.05) is 38.1 Å². The smallest absolute Gasteiger partial charge is 0.308 e. The van der Waals surface area contributed by atoms with Gasteiger partial charge in [0.25, 0.3) is 0 Å². The third kappa shape index (κ3) is 3.73. The first-order valence-corrected chi connectivity index (χ1v) is 7.27. The maximum absolute atomic E-state index is 12.5. The molecule has 0 bridgehead atoms. The first-order valence-electron chi connectivity index (χ1n) is 7.27. The lowest BCUT2D eigenvalue weighted by Gasteiger charge is -2.22. The van der Waals surface area contributed by atoms with E-state index in [0.717, 1.165) is 11.3 Å². The van der Waals surface area contributed by atoms with Gasteiger partial charge in [0, 0.05) is 23.5 Å². The van der Waals surface area contributed by atoms with Crippen molar-refractivity contribution >= 4 is 23.2 Å². The SMILES string of the molecule is CCN(C(=O)Nc1cccc(C(C)=O)c1)c1cccc(C)c1. The number of rotatable bonds is 4. The Morgan fingerprint density at radius 3 is 2.45 bits per heavy atom. The third-order valence-corrected chi connectivity index (χ3v) is 3.40. The third-order valence-electron chi connectivity index (χ3n) is 3.40. The molecular formula is C18H20N2O2. The van der Waals surface area contributed by atoms with Crippen LogP contribution >= 0.6 is 0 Å². The minimum absolute atomic E-state index is 0.0258. The molecule has 0 aromatic heterocycles. The van der Waals surface area contributed by atoms with Crippen molar-refractivity contribution in [2.24, 2.45) is 0 Å². The van der Waals surface area contributed by atoms with E-state index in [-0.39, 0.29) is 11.8 Å². The van der Waals surface area contributed by atoms with Crippen LogP contribution in [0.3, 0.4) is 0 Å². The van der Waals surface area contributed by atoms with E-state index in [1.165, 1.54) is 6.92 Å². The Morgan fingerprint density at radius 1 is 1.09 bits per heavy atom. The molecule has 0 spiro atoms. The van der Waals surface area contributed by atoms with Gasteiger partial charge in [-0.3, -0.25) is 9.69 Å². The van der Waals surface area contributed by atoms with Gasteiger partial charge >= 0.3 is 6.03 Å². The number of urea groups is 1. The van der Waals surface area contributed by atoms with Gasteiger partial charge in [-0.05, 0) is 50.6 Å². The van der Waals surface area contributed by atoms with Gasteiger partial charge in [0.1, 0.15) is 0 Å². The molecule has 0 aliphatic heterocycles. The molecule has 4 heteroatoms. The highest BCUT2D eigenvalue weighted by Gasteiger charge is 2.14. The zero-order chi connectivity index (χ0) is 16.1. The summed E-state index contributed by atoms with van der Waals surface area (Å²) in [7, 11) is 0. The number of anilines is 2. The Morgan fingerprint density at radius 2 is 1.82 bits per heavy atom. The van der Waals surface area contributed by atoms with Crippen molar-refractivity contribution in [3.63, 3.8) is 0 Å². The van der Waals surface area contributed by atoms with Crippen molar-refractivity contribution in [3.05, 3.63) is 59.7 Å².